The Bertz CT molecular complexity index is 1040. The molecule has 0 unspecified atom stereocenters. The van der Waals surface area contributed by atoms with Crippen LogP contribution in [0.15, 0.2) is 79.1 Å². The Hall–Kier alpha value is -3.67. The summed E-state index contributed by atoms with van der Waals surface area (Å²) in [5, 5.41) is 16.6. The molecular formula is C21H19N5O. The number of hydrogen-bond donors (Lipinski definition) is 2. The first kappa shape index (κ1) is 16.8. The van der Waals surface area contributed by atoms with Gasteiger partial charge >= 0.3 is 0 Å². The van der Waals surface area contributed by atoms with E-state index in [1.54, 1.807) is 0 Å². The fourth-order valence-electron chi connectivity index (χ4n) is 2.84. The van der Waals surface area contributed by atoms with Crippen LogP contribution in [-0.4, -0.2) is 33.8 Å². The average Bonchev–Trinajstić information content (AvgIpc) is 3.26. The topological polar surface area (TPSA) is 71.8 Å². The smallest absolute Gasteiger partial charge is 0.251 e. The second-order valence-electron chi connectivity index (χ2n) is 6.11. The van der Waals surface area contributed by atoms with Crippen LogP contribution < -0.4 is 10.6 Å². The van der Waals surface area contributed by atoms with Crippen molar-refractivity contribution in [3.63, 3.8) is 0 Å². The summed E-state index contributed by atoms with van der Waals surface area (Å²) in [4.78, 5) is 12.3. The molecule has 6 nitrogen and oxygen atoms in total. The van der Waals surface area contributed by atoms with Crippen LogP contribution in [0.5, 0.6) is 0 Å². The van der Waals surface area contributed by atoms with Crippen molar-refractivity contribution in [3.05, 3.63) is 84.7 Å². The molecule has 4 rings (SSSR count). The maximum atomic E-state index is 12.3. The Morgan fingerprint density at radius 1 is 0.852 bits per heavy atom. The molecule has 0 aliphatic rings. The number of carbonyl (C=O) groups is 1. The van der Waals surface area contributed by atoms with Crippen molar-refractivity contribution in [3.8, 4) is 5.82 Å². The molecule has 0 spiro atoms. The molecule has 2 aromatic carbocycles. The van der Waals surface area contributed by atoms with Gasteiger partial charge in [0.2, 0.25) is 0 Å². The van der Waals surface area contributed by atoms with Gasteiger partial charge in [0.25, 0.3) is 5.91 Å². The van der Waals surface area contributed by atoms with Gasteiger partial charge in [-0.2, -0.15) is 0 Å². The predicted molar refractivity (Wildman–Crippen MR) is 106 cm³/mol. The molecule has 2 heterocycles. The number of aromatic nitrogens is 3. The number of amides is 1. The molecule has 6 heteroatoms. The highest BCUT2D eigenvalue weighted by Crippen LogP contribution is 2.15. The lowest BCUT2D eigenvalue weighted by molar-refractivity contribution is 0.0955. The largest absolute Gasteiger partial charge is 0.367 e. The quantitative estimate of drug-likeness (QED) is 0.520. The minimum atomic E-state index is -0.0865. The van der Waals surface area contributed by atoms with Crippen LogP contribution in [0.4, 0.5) is 5.82 Å². The summed E-state index contributed by atoms with van der Waals surface area (Å²) in [6.07, 6.45) is 3.83. The summed E-state index contributed by atoms with van der Waals surface area (Å²) >= 11 is 0. The van der Waals surface area contributed by atoms with Crippen molar-refractivity contribution < 1.29 is 4.79 Å². The third-order valence-corrected chi connectivity index (χ3v) is 4.25. The van der Waals surface area contributed by atoms with Gasteiger partial charge in [-0.05, 0) is 47.2 Å². The van der Waals surface area contributed by atoms with Gasteiger partial charge in [0.1, 0.15) is 5.82 Å². The van der Waals surface area contributed by atoms with E-state index in [-0.39, 0.29) is 5.91 Å². The molecule has 134 valence electrons. The average molecular weight is 357 g/mol. The Morgan fingerprint density at radius 3 is 2.44 bits per heavy atom. The van der Waals surface area contributed by atoms with E-state index in [0.717, 1.165) is 16.6 Å². The van der Waals surface area contributed by atoms with Crippen LogP contribution >= 0.6 is 0 Å². The second-order valence-corrected chi connectivity index (χ2v) is 6.11. The molecule has 0 radical (unpaired) electrons. The van der Waals surface area contributed by atoms with E-state index < -0.39 is 0 Å². The van der Waals surface area contributed by atoms with Gasteiger partial charge in [-0.15, -0.1) is 10.2 Å². The maximum Gasteiger partial charge on any atom is 0.251 e. The first-order chi connectivity index (χ1) is 13.3. The third kappa shape index (κ3) is 3.95. The highest BCUT2D eigenvalue weighted by molar-refractivity contribution is 5.98. The van der Waals surface area contributed by atoms with E-state index in [1.165, 1.54) is 0 Å². The number of anilines is 1. The van der Waals surface area contributed by atoms with Gasteiger partial charge in [-0.1, -0.05) is 30.3 Å². The summed E-state index contributed by atoms with van der Waals surface area (Å²) in [6, 6.07) is 21.3. The van der Waals surface area contributed by atoms with Gasteiger partial charge in [0.15, 0.2) is 5.82 Å². The zero-order chi connectivity index (χ0) is 18.5. The molecule has 0 atom stereocenters. The van der Waals surface area contributed by atoms with Crippen molar-refractivity contribution in [2.45, 2.75) is 0 Å². The first-order valence-electron chi connectivity index (χ1n) is 8.77. The van der Waals surface area contributed by atoms with E-state index in [0.29, 0.717) is 24.5 Å². The summed E-state index contributed by atoms with van der Waals surface area (Å²) in [5.74, 6) is 1.35. The van der Waals surface area contributed by atoms with Crippen molar-refractivity contribution >= 4 is 22.5 Å². The van der Waals surface area contributed by atoms with E-state index in [4.69, 9.17) is 0 Å². The van der Waals surface area contributed by atoms with Crippen molar-refractivity contribution in [2.24, 2.45) is 0 Å². The Labute approximate surface area is 156 Å². The highest BCUT2D eigenvalue weighted by Gasteiger charge is 2.06. The molecule has 0 bridgehead atoms. The Kier molecular flexibility index (Phi) is 4.78. The lowest BCUT2D eigenvalue weighted by Gasteiger charge is -2.08. The Morgan fingerprint density at radius 2 is 1.67 bits per heavy atom. The third-order valence-electron chi connectivity index (χ3n) is 4.25. The van der Waals surface area contributed by atoms with Gasteiger partial charge in [-0.25, -0.2) is 0 Å². The monoisotopic (exact) mass is 357 g/mol. The maximum absolute atomic E-state index is 12.3. The summed E-state index contributed by atoms with van der Waals surface area (Å²) in [6.45, 7) is 1.06. The molecule has 2 N–H and O–H groups in total. The van der Waals surface area contributed by atoms with E-state index in [1.807, 2.05) is 83.7 Å². The summed E-state index contributed by atoms with van der Waals surface area (Å²) in [5.41, 5.74) is 0.657. The molecule has 0 saturated heterocycles. The number of carbonyl (C=O) groups excluding carboxylic acids is 1. The molecular weight excluding hydrogens is 338 g/mol. The van der Waals surface area contributed by atoms with Gasteiger partial charge < -0.3 is 15.2 Å². The molecule has 2 aromatic heterocycles. The molecule has 0 aliphatic heterocycles. The molecule has 0 saturated carbocycles. The SMILES string of the molecule is O=C(NCCNc1ccc(-n2cccc2)nn1)c1ccc2ccccc2c1. The minimum Gasteiger partial charge on any atom is -0.367 e. The number of rotatable bonds is 6. The van der Waals surface area contributed by atoms with Crippen LogP contribution in [0, 0.1) is 0 Å². The molecule has 0 fully saturated rings. The summed E-state index contributed by atoms with van der Waals surface area (Å²) < 4.78 is 1.89. The van der Waals surface area contributed by atoms with Crippen LogP contribution in [0.1, 0.15) is 10.4 Å². The van der Waals surface area contributed by atoms with Gasteiger partial charge in [0, 0.05) is 31.0 Å². The lowest BCUT2D eigenvalue weighted by atomic mass is 10.1. The van der Waals surface area contributed by atoms with E-state index in [9.17, 15) is 4.79 Å². The zero-order valence-electron chi connectivity index (χ0n) is 14.7. The molecule has 1 amide bonds. The van der Waals surface area contributed by atoms with Crippen molar-refractivity contribution in [2.75, 3.05) is 18.4 Å². The molecule has 0 aliphatic carbocycles. The van der Waals surface area contributed by atoms with Crippen LogP contribution in [0.25, 0.3) is 16.6 Å². The van der Waals surface area contributed by atoms with Crippen LogP contribution in [0.2, 0.25) is 0 Å². The summed E-state index contributed by atoms with van der Waals surface area (Å²) in [7, 11) is 0. The van der Waals surface area contributed by atoms with E-state index >= 15 is 0 Å². The normalized spacial score (nSPS) is 10.7. The second kappa shape index (κ2) is 7.70. The number of benzene rings is 2. The fourth-order valence-corrected chi connectivity index (χ4v) is 2.84. The zero-order valence-corrected chi connectivity index (χ0v) is 14.7. The minimum absolute atomic E-state index is 0.0865. The Balaban J connectivity index is 1.28. The van der Waals surface area contributed by atoms with Crippen LogP contribution in [-0.2, 0) is 0 Å². The van der Waals surface area contributed by atoms with Gasteiger partial charge in [0.05, 0.1) is 0 Å². The number of nitrogens with one attached hydrogen (secondary N) is 2. The fraction of sp³-hybridized carbons (Fsp3) is 0.0952. The lowest BCUT2D eigenvalue weighted by Crippen LogP contribution is -2.28. The first-order valence-corrected chi connectivity index (χ1v) is 8.77. The van der Waals surface area contributed by atoms with Crippen molar-refractivity contribution in [1.82, 2.24) is 20.1 Å². The standard InChI is InChI=1S/C21H19N5O/c27-21(18-8-7-16-5-1-2-6-17(16)15-18)23-12-11-22-19-9-10-20(25-24-19)26-13-3-4-14-26/h1-10,13-15H,11-12H2,(H,22,24)(H,23,27). The van der Waals surface area contributed by atoms with E-state index in [2.05, 4.69) is 20.8 Å². The molecule has 27 heavy (non-hydrogen) atoms. The van der Waals surface area contributed by atoms with Crippen molar-refractivity contribution in [1.29, 1.82) is 0 Å². The number of fused-ring (bicyclic) bond motifs is 1. The number of nitrogens with zero attached hydrogens (tertiary/aromatic N) is 3. The van der Waals surface area contributed by atoms with Gasteiger partial charge in [-0.3, -0.25) is 4.79 Å². The highest BCUT2D eigenvalue weighted by atomic mass is 16.1. The number of hydrogen-bond acceptors (Lipinski definition) is 4. The van der Waals surface area contributed by atoms with Crippen LogP contribution in [0.3, 0.4) is 0 Å². The predicted octanol–water partition coefficient (Wildman–Crippen LogP) is 3.26. The molecule has 4 aromatic rings.